The number of rotatable bonds is 7. The Morgan fingerprint density at radius 3 is 2.64 bits per heavy atom. The number of nitro benzene ring substituents is 1. The third-order valence-electron chi connectivity index (χ3n) is 5.51. The Morgan fingerprint density at radius 2 is 1.94 bits per heavy atom. The average Bonchev–Trinajstić information content (AvgIpc) is 2.82. The van der Waals surface area contributed by atoms with Crippen LogP contribution in [-0.2, 0) is 14.8 Å². The number of nitrogens with one attached hydrogen (secondary N) is 2. The highest BCUT2D eigenvalue weighted by atomic mass is 32.2. The Labute approximate surface area is 190 Å². The number of morpholine rings is 1. The van der Waals surface area contributed by atoms with Gasteiger partial charge < -0.3 is 14.8 Å². The summed E-state index contributed by atoms with van der Waals surface area (Å²) in [6, 6.07) is 9.76. The zero-order chi connectivity index (χ0) is 23.4. The monoisotopic (exact) mass is 476 g/mol. The smallest absolute Gasteiger partial charge is 0.297 e. The second-order valence-electron chi connectivity index (χ2n) is 7.77. The lowest BCUT2D eigenvalue weighted by atomic mass is 10.1. The molecule has 1 atom stereocenters. The van der Waals surface area contributed by atoms with Crippen LogP contribution in [0.25, 0.3) is 0 Å². The maximum Gasteiger partial charge on any atom is 0.297 e. The molecular weight excluding hydrogens is 452 g/mol. The molecule has 0 aliphatic carbocycles. The number of fused-ring (bicyclic) bond motifs is 1. The minimum atomic E-state index is -4.37. The molecule has 2 aromatic rings. The summed E-state index contributed by atoms with van der Waals surface area (Å²) in [6.07, 6.45) is 0.698. The van der Waals surface area contributed by atoms with Crippen LogP contribution >= 0.6 is 0 Å². The van der Waals surface area contributed by atoms with Gasteiger partial charge in [-0.05, 0) is 18.6 Å². The molecule has 2 aromatic carbocycles. The molecule has 0 bridgehead atoms. The van der Waals surface area contributed by atoms with Crippen molar-refractivity contribution in [1.29, 1.82) is 0 Å². The number of carbonyl (C=O) groups excluding carboxylic acids is 1. The van der Waals surface area contributed by atoms with Gasteiger partial charge in [-0.2, -0.15) is 0 Å². The van der Waals surface area contributed by atoms with Crippen molar-refractivity contribution in [2.24, 2.45) is 0 Å². The van der Waals surface area contributed by atoms with Crippen LogP contribution in [0.5, 0.6) is 5.75 Å². The summed E-state index contributed by atoms with van der Waals surface area (Å²) in [7, 11) is -4.37. The van der Waals surface area contributed by atoms with E-state index in [9.17, 15) is 23.3 Å². The Balaban J connectivity index is 1.52. The van der Waals surface area contributed by atoms with Gasteiger partial charge in [-0.1, -0.05) is 18.2 Å². The number of sulfonamides is 1. The molecule has 2 N–H and O–H groups in total. The van der Waals surface area contributed by atoms with E-state index in [2.05, 4.69) is 10.2 Å². The Morgan fingerprint density at radius 1 is 1.21 bits per heavy atom. The normalized spacial score (nSPS) is 18.5. The van der Waals surface area contributed by atoms with Gasteiger partial charge in [0.25, 0.3) is 21.6 Å². The number of nitro groups is 1. The SMILES string of the molecule is O=C(NS(=O)(=O)c1cc2c(c([N+](=O)[O-])c1)NC(CCN1CCOCC1)CO2)c1ccccc1. The van der Waals surface area contributed by atoms with E-state index < -0.39 is 31.4 Å². The van der Waals surface area contributed by atoms with Crippen molar-refractivity contribution in [1.82, 2.24) is 9.62 Å². The van der Waals surface area contributed by atoms with E-state index in [1.165, 1.54) is 18.2 Å². The van der Waals surface area contributed by atoms with Crippen molar-refractivity contribution in [3.05, 3.63) is 58.1 Å². The first-order valence-corrected chi connectivity index (χ1v) is 12.0. The van der Waals surface area contributed by atoms with Crippen molar-refractivity contribution in [3.8, 4) is 5.75 Å². The molecule has 1 fully saturated rings. The molecule has 0 radical (unpaired) electrons. The average molecular weight is 477 g/mol. The molecule has 0 spiro atoms. The van der Waals surface area contributed by atoms with E-state index in [4.69, 9.17) is 9.47 Å². The van der Waals surface area contributed by atoms with Crippen molar-refractivity contribution in [2.75, 3.05) is 44.8 Å². The fourth-order valence-electron chi connectivity index (χ4n) is 3.72. The highest BCUT2D eigenvalue weighted by Gasteiger charge is 2.31. The van der Waals surface area contributed by atoms with Crippen molar-refractivity contribution < 1.29 is 27.6 Å². The molecule has 1 unspecified atom stereocenters. The van der Waals surface area contributed by atoms with Gasteiger partial charge in [-0.3, -0.25) is 19.8 Å². The molecule has 0 saturated carbocycles. The van der Waals surface area contributed by atoms with Crippen molar-refractivity contribution in [3.63, 3.8) is 0 Å². The van der Waals surface area contributed by atoms with Gasteiger partial charge in [-0.15, -0.1) is 0 Å². The lowest BCUT2D eigenvalue weighted by Gasteiger charge is -2.31. The molecule has 2 aliphatic rings. The van der Waals surface area contributed by atoms with Gasteiger partial charge in [0.1, 0.15) is 6.61 Å². The summed E-state index contributed by atoms with van der Waals surface area (Å²) in [5, 5.41) is 14.8. The highest BCUT2D eigenvalue weighted by molar-refractivity contribution is 7.90. The summed E-state index contributed by atoms with van der Waals surface area (Å²) in [5.74, 6) is -0.780. The Kier molecular flexibility index (Phi) is 6.77. The molecule has 176 valence electrons. The first-order valence-electron chi connectivity index (χ1n) is 10.5. The van der Waals surface area contributed by atoms with E-state index in [1.807, 2.05) is 4.72 Å². The van der Waals surface area contributed by atoms with Crippen LogP contribution in [0.2, 0.25) is 0 Å². The van der Waals surface area contributed by atoms with Gasteiger partial charge in [0.2, 0.25) is 0 Å². The summed E-state index contributed by atoms with van der Waals surface area (Å²) >= 11 is 0. The zero-order valence-electron chi connectivity index (χ0n) is 17.7. The van der Waals surface area contributed by atoms with E-state index in [1.54, 1.807) is 18.2 Å². The van der Waals surface area contributed by atoms with Crippen molar-refractivity contribution >= 4 is 27.3 Å². The maximum atomic E-state index is 12.8. The fourth-order valence-corrected chi connectivity index (χ4v) is 4.73. The number of ether oxygens (including phenoxy) is 2. The minimum Gasteiger partial charge on any atom is -0.489 e. The van der Waals surface area contributed by atoms with Crippen LogP contribution in [0.15, 0.2) is 47.4 Å². The van der Waals surface area contributed by atoms with Crippen LogP contribution in [0.1, 0.15) is 16.8 Å². The number of anilines is 1. The van der Waals surface area contributed by atoms with E-state index in [0.29, 0.717) is 19.6 Å². The van der Waals surface area contributed by atoms with Gasteiger partial charge in [0.05, 0.1) is 29.1 Å². The second-order valence-corrected chi connectivity index (χ2v) is 9.45. The molecule has 12 heteroatoms. The van der Waals surface area contributed by atoms with Crippen LogP contribution in [0, 0.1) is 10.1 Å². The number of benzene rings is 2. The molecule has 4 rings (SSSR count). The topological polar surface area (TPSA) is 140 Å². The number of nitrogens with zero attached hydrogens (tertiary/aromatic N) is 2. The highest BCUT2D eigenvalue weighted by Crippen LogP contribution is 2.40. The molecule has 1 saturated heterocycles. The summed E-state index contributed by atoms with van der Waals surface area (Å²) < 4.78 is 38.5. The van der Waals surface area contributed by atoms with Gasteiger partial charge in [0, 0.05) is 37.3 Å². The molecule has 11 nitrogen and oxygen atoms in total. The zero-order valence-corrected chi connectivity index (χ0v) is 18.5. The maximum absolute atomic E-state index is 12.8. The lowest BCUT2D eigenvalue weighted by Crippen LogP contribution is -2.40. The molecule has 33 heavy (non-hydrogen) atoms. The molecule has 2 heterocycles. The van der Waals surface area contributed by atoms with Gasteiger partial charge in [0.15, 0.2) is 11.4 Å². The molecule has 0 aromatic heterocycles. The van der Waals surface area contributed by atoms with Crippen LogP contribution in [0.3, 0.4) is 0 Å². The van der Waals surface area contributed by atoms with Crippen LogP contribution < -0.4 is 14.8 Å². The van der Waals surface area contributed by atoms with Crippen LogP contribution in [0.4, 0.5) is 11.4 Å². The number of amides is 1. The molecule has 1 amide bonds. The van der Waals surface area contributed by atoms with Gasteiger partial charge >= 0.3 is 0 Å². The first-order chi connectivity index (χ1) is 15.8. The summed E-state index contributed by atoms with van der Waals surface area (Å²) in [5.41, 5.74) is -0.155. The Hall–Kier alpha value is -3.22. The summed E-state index contributed by atoms with van der Waals surface area (Å²) in [6.45, 7) is 4.04. The molecular formula is C21H24N4O7S. The lowest BCUT2D eigenvalue weighted by molar-refractivity contribution is -0.384. The fraction of sp³-hybridized carbons (Fsp3) is 0.381. The number of hydrogen-bond donors (Lipinski definition) is 2. The first kappa shape index (κ1) is 23.0. The van der Waals surface area contributed by atoms with Crippen LogP contribution in [-0.4, -0.2) is 69.6 Å². The Bertz CT molecular complexity index is 1130. The molecule has 2 aliphatic heterocycles. The van der Waals surface area contributed by atoms with E-state index >= 15 is 0 Å². The predicted octanol–water partition coefficient (Wildman–Crippen LogP) is 1.61. The number of carbonyl (C=O) groups is 1. The summed E-state index contributed by atoms with van der Waals surface area (Å²) in [4.78, 5) is 25.2. The third kappa shape index (κ3) is 5.41. The minimum absolute atomic E-state index is 0.0550. The van der Waals surface area contributed by atoms with E-state index in [0.717, 1.165) is 25.7 Å². The second kappa shape index (κ2) is 9.73. The largest absolute Gasteiger partial charge is 0.489 e. The third-order valence-corrected chi connectivity index (χ3v) is 6.82. The van der Waals surface area contributed by atoms with E-state index in [-0.39, 0.29) is 29.6 Å². The van der Waals surface area contributed by atoms with Gasteiger partial charge in [-0.25, -0.2) is 13.1 Å². The number of hydrogen-bond acceptors (Lipinski definition) is 9. The quantitative estimate of drug-likeness (QED) is 0.450. The standard InChI is InChI=1S/C21H24N4O7S/c26-21(15-4-2-1-3-5-15)23-33(29,30)17-12-18(25(27)28)20-19(13-17)32-14-16(22-20)6-7-24-8-10-31-11-9-24/h1-5,12-13,16,22H,6-11,14H2,(H,23,26). The predicted molar refractivity (Wildman–Crippen MR) is 119 cm³/mol. The van der Waals surface area contributed by atoms with Crippen molar-refractivity contribution in [2.45, 2.75) is 17.4 Å².